The lowest BCUT2D eigenvalue weighted by Crippen LogP contribution is -2.57. The topological polar surface area (TPSA) is 44.8 Å². The van der Waals surface area contributed by atoms with Crippen molar-refractivity contribution in [2.24, 2.45) is 5.92 Å². The van der Waals surface area contributed by atoms with E-state index in [1.165, 1.54) is 25.3 Å². The predicted octanol–water partition coefficient (Wildman–Crippen LogP) is 2.69. The monoisotopic (exact) mass is 411 g/mol. The number of hydrogen-bond acceptors (Lipinski definition) is 4. The molecule has 3 heterocycles. The summed E-state index contributed by atoms with van der Waals surface area (Å²) in [5.41, 5.74) is 0.727. The minimum atomic E-state index is -4.39. The number of alkyl halides is 3. The lowest BCUT2D eigenvalue weighted by atomic mass is 9.84. The molecule has 4 rings (SSSR count). The van der Waals surface area contributed by atoms with Crippen LogP contribution >= 0.6 is 0 Å². The second kappa shape index (κ2) is 8.52. The van der Waals surface area contributed by atoms with Gasteiger partial charge in [-0.3, -0.25) is 4.79 Å². The largest absolute Gasteiger partial charge is 0.416 e. The molecule has 1 N–H and O–H groups in total. The maximum Gasteiger partial charge on any atom is 0.416 e. The molecule has 0 spiro atoms. The van der Waals surface area contributed by atoms with Crippen molar-refractivity contribution >= 4 is 11.6 Å². The van der Waals surface area contributed by atoms with Crippen LogP contribution in [-0.4, -0.2) is 62.8 Å². The molecule has 1 aromatic carbocycles. The first-order chi connectivity index (χ1) is 13.9. The minimum absolute atomic E-state index is 0.0921. The van der Waals surface area contributed by atoms with Crippen LogP contribution in [0.1, 0.15) is 30.4 Å². The van der Waals surface area contributed by atoms with Gasteiger partial charge in [0.05, 0.1) is 30.7 Å². The number of likely N-dealkylation sites (tertiary alicyclic amines) is 1. The predicted molar refractivity (Wildman–Crippen MR) is 104 cm³/mol. The average molecular weight is 411 g/mol. The van der Waals surface area contributed by atoms with Crippen molar-refractivity contribution in [1.82, 2.24) is 10.2 Å². The number of ether oxygens (including phenoxy) is 1. The molecule has 1 amide bonds. The first kappa shape index (κ1) is 20.5. The molecule has 3 aliphatic heterocycles. The third-order valence-electron chi connectivity index (χ3n) is 6.30. The Bertz CT molecular complexity index is 734. The number of morpholine rings is 1. The van der Waals surface area contributed by atoms with Gasteiger partial charge in [0.1, 0.15) is 0 Å². The Balaban J connectivity index is 1.47. The van der Waals surface area contributed by atoms with Crippen LogP contribution in [0, 0.1) is 5.92 Å². The number of carbonyl (C=O) groups excluding carboxylic acids is 1. The second-order valence-electron chi connectivity index (χ2n) is 8.18. The molecule has 29 heavy (non-hydrogen) atoms. The summed E-state index contributed by atoms with van der Waals surface area (Å²) in [5, 5.41) is 3.02. The molecule has 0 saturated carbocycles. The van der Waals surface area contributed by atoms with Crippen molar-refractivity contribution < 1.29 is 22.7 Å². The maximum absolute atomic E-state index is 13.2. The number of rotatable bonds is 4. The second-order valence-corrected chi connectivity index (χ2v) is 8.18. The highest BCUT2D eigenvalue weighted by Crippen LogP contribution is 2.39. The van der Waals surface area contributed by atoms with Gasteiger partial charge in [0.15, 0.2) is 0 Å². The summed E-state index contributed by atoms with van der Waals surface area (Å²) in [7, 11) is 0. The Morgan fingerprint density at radius 2 is 1.97 bits per heavy atom. The first-order valence-electron chi connectivity index (χ1n) is 10.5. The molecule has 0 unspecified atom stereocenters. The number of fused-ring (bicyclic) bond motifs is 3. The Kier molecular flexibility index (Phi) is 6.01. The van der Waals surface area contributed by atoms with Gasteiger partial charge in [-0.2, -0.15) is 13.2 Å². The number of nitrogens with one attached hydrogen (secondary N) is 1. The van der Waals surface area contributed by atoms with Crippen LogP contribution in [0.3, 0.4) is 0 Å². The number of amides is 1. The Morgan fingerprint density at radius 3 is 2.72 bits per heavy atom. The lowest BCUT2D eigenvalue weighted by molar-refractivity contribution is -0.137. The fraction of sp³-hybridized carbons (Fsp3) is 0.667. The number of hydrogen-bond donors (Lipinski definition) is 1. The number of halogens is 3. The fourth-order valence-electron chi connectivity index (χ4n) is 4.75. The molecule has 8 heteroatoms. The van der Waals surface area contributed by atoms with Gasteiger partial charge in [-0.15, -0.1) is 0 Å². The van der Waals surface area contributed by atoms with Crippen LogP contribution in [0.15, 0.2) is 18.2 Å². The maximum atomic E-state index is 13.2. The van der Waals surface area contributed by atoms with Crippen molar-refractivity contribution in [3.63, 3.8) is 0 Å². The van der Waals surface area contributed by atoms with Gasteiger partial charge in [0.25, 0.3) is 0 Å². The summed E-state index contributed by atoms with van der Waals surface area (Å²) in [5.74, 6) is -0.502. The summed E-state index contributed by atoms with van der Waals surface area (Å²) in [4.78, 5) is 17.4. The van der Waals surface area contributed by atoms with E-state index in [0.29, 0.717) is 38.3 Å². The highest BCUT2D eigenvalue weighted by Gasteiger charge is 2.41. The zero-order valence-corrected chi connectivity index (χ0v) is 16.5. The smallest absolute Gasteiger partial charge is 0.377 e. The highest BCUT2D eigenvalue weighted by molar-refractivity contribution is 5.82. The molecule has 2 fully saturated rings. The lowest BCUT2D eigenvalue weighted by Gasteiger charge is -2.45. The molecule has 5 nitrogen and oxygen atoms in total. The van der Waals surface area contributed by atoms with Crippen LogP contribution in [0.2, 0.25) is 0 Å². The van der Waals surface area contributed by atoms with Crippen LogP contribution in [0.4, 0.5) is 18.9 Å². The van der Waals surface area contributed by atoms with Gasteiger partial charge < -0.3 is 19.9 Å². The summed E-state index contributed by atoms with van der Waals surface area (Å²) in [6.45, 7) is 5.04. The zero-order chi connectivity index (χ0) is 20.4. The molecule has 160 valence electrons. The van der Waals surface area contributed by atoms with E-state index in [4.69, 9.17) is 4.74 Å². The number of piperidine rings is 1. The number of benzene rings is 1. The zero-order valence-electron chi connectivity index (χ0n) is 16.5. The number of anilines is 1. The van der Waals surface area contributed by atoms with Crippen LogP contribution < -0.4 is 10.2 Å². The normalized spacial score (nSPS) is 25.3. The van der Waals surface area contributed by atoms with E-state index >= 15 is 0 Å². The van der Waals surface area contributed by atoms with E-state index in [1.807, 2.05) is 0 Å². The van der Waals surface area contributed by atoms with E-state index < -0.39 is 17.7 Å². The van der Waals surface area contributed by atoms with Crippen LogP contribution in [-0.2, 0) is 22.1 Å². The quantitative estimate of drug-likeness (QED) is 0.828. The average Bonchev–Trinajstić information content (AvgIpc) is 2.72. The van der Waals surface area contributed by atoms with Gasteiger partial charge in [0.2, 0.25) is 5.91 Å². The molecule has 1 aromatic rings. The van der Waals surface area contributed by atoms with E-state index in [1.54, 1.807) is 6.07 Å². The van der Waals surface area contributed by atoms with Gasteiger partial charge >= 0.3 is 6.18 Å². The van der Waals surface area contributed by atoms with Crippen molar-refractivity contribution in [3.8, 4) is 0 Å². The summed E-state index contributed by atoms with van der Waals surface area (Å²) in [6.07, 6.45) is -0.420. The SMILES string of the molecule is O=C(NCCN1CCCCC1)[C@H]1Cc2cc(C(F)(F)F)ccc2N2CCOC[C@@H]12. The standard InChI is InChI=1S/C21H28F3N3O2/c22-21(23,24)16-4-5-18-15(12-16)13-17(19-14-29-11-10-27(18)19)20(28)25-6-9-26-7-2-1-3-8-26/h4-5,12,17,19H,1-3,6-11,13-14H2,(H,25,28)/t17-,19-/m0/s1. The Labute approximate surface area is 169 Å². The summed E-state index contributed by atoms with van der Waals surface area (Å²) < 4.78 is 45.1. The molecule has 0 bridgehead atoms. The van der Waals surface area contributed by atoms with E-state index in [0.717, 1.165) is 31.4 Å². The van der Waals surface area contributed by atoms with E-state index in [-0.39, 0.29) is 11.9 Å². The van der Waals surface area contributed by atoms with Crippen LogP contribution in [0.25, 0.3) is 0 Å². The Hall–Kier alpha value is -1.80. The van der Waals surface area contributed by atoms with Gasteiger partial charge in [-0.1, -0.05) is 6.42 Å². The third kappa shape index (κ3) is 4.53. The van der Waals surface area contributed by atoms with E-state index in [2.05, 4.69) is 15.1 Å². The fourth-order valence-corrected chi connectivity index (χ4v) is 4.75. The van der Waals surface area contributed by atoms with Crippen molar-refractivity contribution in [3.05, 3.63) is 29.3 Å². The Morgan fingerprint density at radius 1 is 1.17 bits per heavy atom. The minimum Gasteiger partial charge on any atom is -0.377 e. The molecule has 0 aromatic heterocycles. The van der Waals surface area contributed by atoms with Gasteiger partial charge in [0, 0.05) is 25.3 Å². The van der Waals surface area contributed by atoms with Crippen LogP contribution in [0.5, 0.6) is 0 Å². The highest BCUT2D eigenvalue weighted by atomic mass is 19.4. The summed E-state index contributed by atoms with van der Waals surface area (Å²) >= 11 is 0. The van der Waals surface area contributed by atoms with Crippen molar-refractivity contribution in [2.45, 2.75) is 37.9 Å². The molecular weight excluding hydrogens is 383 g/mol. The molecule has 0 radical (unpaired) electrons. The molecule has 3 aliphatic rings. The molecular formula is C21H28F3N3O2. The van der Waals surface area contributed by atoms with Crippen molar-refractivity contribution in [1.29, 1.82) is 0 Å². The van der Waals surface area contributed by atoms with Gasteiger partial charge in [-0.25, -0.2) is 0 Å². The molecule has 2 saturated heterocycles. The summed E-state index contributed by atoms with van der Waals surface area (Å²) in [6, 6.07) is 3.74. The van der Waals surface area contributed by atoms with Gasteiger partial charge in [-0.05, 0) is 56.1 Å². The molecule has 2 atom stereocenters. The van der Waals surface area contributed by atoms with E-state index in [9.17, 15) is 18.0 Å². The molecule has 0 aliphatic carbocycles. The first-order valence-corrected chi connectivity index (χ1v) is 10.5. The van der Waals surface area contributed by atoms with Crippen molar-refractivity contribution in [2.75, 3.05) is 50.8 Å². The third-order valence-corrected chi connectivity index (χ3v) is 6.30. The number of nitrogens with zero attached hydrogens (tertiary/aromatic N) is 2. The number of carbonyl (C=O) groups is 1.